The Morgan fingerprint density at radius 2 is 1.37 bits per heavy atom. The molecular formula is C25H33NO. The summed E-state index contributed by atoms with van der Waals surface area (Å²) in [6, 6.07) is 18.2. The van der Waals surface area contributed by atoms with Gasteiger partial charge in [-0.15, -0.1) is 0 Å². The number of unbranched alkanes of at least 4 members (excludes halogenated alkanes) is 9. The van der Waals surface area contributed by atoms with Crippen LogP contribution < -0.4 is 4.74 Å². The fraction of sp³-hybridized carbons (Fsp3) is 0.480. The normalized spacial score (nSPS) is 10.5. The van der Waals surface area contributed by atoms with E-state index in [4.69, 9.17) is 4.74 Å². The predicted octanol–water partition coefficient (Wildman–Crippen LogP) is 7.52. The number of rotatable bonds is 13. The summed E-state index contributed by atoms with van der Waals surface area (Å²) in [7, 11) is 0. The quantitative estimate of drug-likeness (QED) is 0.345. The summed E-state index contributed by atoms with van der Waals surface area (Å²) >= 11 is 0. The number of hydrogen-bond acceptors (Lipinski definition) is 2. The summed E-state index contributed by atoms with van der Waals surface area (Å²) in [4.78, 5) is 0. The second-order valence-corrected chi connectivity index (χ2v) is 7.19. The third kappa shape index (κ3) is 7.47. The Balaban J connectivity index is 1.70. The van der Waals surface area contributed by atoms with Gasteiger partial charge in [-0.25, -0.2) is 0 Å². The first kappa shape index (κ1) is 21.0. The van der Waals surface area contributed by atoms with Gasteiger partial charge in [-0.05, 0) is 18.1 Å². The molecule has 2 rings (SSSR count). The Kier molecular flexibility index (Phi) is 10.1. The average Bonchev–Trinajstić information content (AvgIpc) is 2.72. The first-order valence-electron chi connectivity index (χ1n) is 10.6. The van der Waals surface area contributed by atoms with E-state index in [0.717, 1.165) is 17.5 Å². The van der Waals surface area contributed by atoms with Crippen LogP contribution in [0.25, 0.3) is 11.1 Å². The van der Waals surface area contributed by atoms with E-state index in [1.165, 1.54) is 57.8 Å². The van der Waals surface area contributed by atoms with Crippen molar-refractivity contribution in [3.8, 4) is 22.9 Å². The molecule has 2 aromatic rings. The van der Waals surface area contributed by atoms with Crippen molar-refractivity contribution >= 4 is 0 Å². The van der Waals surface area contributed by atoms with Crippen LogP contribution in [0, 0.1) is 11.3 Å². The van der Waals surface area contributed by atoms with Gasteiger partial charge in [0.25, 0.3) is 0 Å². The lowest BCUT2D eigenvalue weighted by Crippen LogP contribution is -2.00. The van der Waals surface area contributed by atoms with E-state index in [9.17, 15) is 5.26 Å². The van der Waals surface area contributed by atoms with Crippen LogP contribution in [-0.2, 0) is 0 Å². The molecule has 0 radical (unpaired) electrons. The molecule has 0 unspecified atom stereocenters. The van der Waals surface area contributed by atoms with Crippen molar-refractivity contribution in [1.29, 1.82) is 5.26 Å². The fourth-order valence-electron chi connectivity index (χ4n) is 3.40. The van der Waals surface area contributed by atoms with Crippen LogP contribution in [0.2, 0.25) is 0 Å². The van der Waals surface area contributed by atoms with E-state index in [0.29, 0.717) is 17.9 Å². The molecule has 0 fully saturated rings. The highest BCUT2D eigenvalue weighted by Crippen LogP contribution is 2.30. The number of benzene rings is 2. The van der Waals surface area contributed by atoms with Crippen LogP contribution in [0.4, 0.5) is 0 Å². The molecule has 0 amide bonds. The van der Waals surface area contributed by atoms with Crippen LogP contribution in [0.1, 0.15) is 76.7 Å². The van der Waals surface area contributed by atoms with Gasteiger partial charge in [0.15, 0.2) is 0 Å². The Morgan fingerprint density at radius 1 is 0.741 bits per heavy atom. The van der Waals surface area contributed by atoms with E-state index in [2.05, 4.69) is 13.0 Å². The maximum atomic E-state index is 9.61. The molecular weight excluding hydrogens is 330 g/mol. The van der Waals surface area contributed by atoms with Crippen LogP contribution in [0.3, 0.4) is 0 Å². The molecule has 2 aromatic carbocycles. The molecule has 0 bridgehead atoms. The van der Waals surface area contributed by atoms with Crippen LogP contribution >= 0.6 is 0 Å². The zero-order valence-electron chi connectivity index (χ0n) is 16.8. The van der Waals surface area contributed by atoms with E-state index in [1.54, 1.807) is 0 Å². The summed E-state index contributed by atoms with van der Waals surface area (Å²) in [6.45, 7) is 2.95. The van der Waals surface area contributed by atoms with Gasteiger partial charge >= 0.3 is 0 Å². The van der Waals surface area contributed by atoms with E-state index < -0.39 is 0 Å². The zero-order valence-corrected chi connectivity index (χ0v) is 16.8. The van der Waals surface area contributed by atoms with Gasteiger partial charge in [0.1, 0.15) is 17.4 Å². The topological polar surface area (TPSA) is 33.0 Å². The fourth-order valence-corrected chi connectivity index (χ4v) is 3.40. The summed E-state index contributed by atoms with van der Waals surface area (Å²) in [6.07, 6.45) is 13.1. The molecule has 2 heteroatoms. The molecule has 0 heterocycles. The SMILES string of the molecule is CCCCCCCCCCCCOc1cccc(-c2ccccc2)c1C#N. The van der Waals surface area contributed by atoms with Gasteiger partial charge in [0, 0.05) is 5.56 Å². The molecule has 0 atom stereocenters. The second-order valence-electron chi connectivity index (χ2n) is 7.19. The van der Waals surface area contributed by atoms with Crippen LogP contribution in [0.15, 0.2) is 48.5 Å². The Bertz CT molecular complexity index is 687. The molecule has 27 heavy (non-hydrogen) atoms. The number of nitrogens with zero attached hydrogens (tertiary/aromatic N) is 1. The molecule has 0 N–H and O–H groups in total. The molecule has 2 nitrogen and oxygen atoms in total. The maximum absolute atomic E-state index is 9.61. The minimum absolute atomic E-state index is 0.635. The molecule has 0 aliphatic rings. The minimum Gasteiger partial charge on any atom is -0.492 e. The Hall–Kier alpha value is -2.27. The molecule has 144 valence electrons. The predicted molar refractivity (Wildman–Crippen MR) is 114 cm³/mol. The van der Waals surface area contributed by atoms with Crippen molar-refractivity contribution in [3.05, 3.63) is 54.1 Å². The first-order chi connectivity index (χ1) is 13.4. The van der Waals surface area contributed by atoms with Crippen molar-refractivity contribution in [2.45, 2.75) is 71.1 Å². The summed E-state index contributed by atoms with van der Waals surface area (Å²) in [5, 5.41) is 9.61. The lowest BCUT2D eigenvalue weighted by atomic mass is 10.00. The van der Waals surface area contributed by atoms with Gasteiger partial charge in [0.2, 0.25) is 0 Å². The monoisotopic (exact) mass is 363 g/mol. The zero-order chi connectivity index (χ0) is 19.2. The van der Waals surface area contributed by atoms with Gasteiger partial charge in [0.05, 0.1) is 6.61 Å². The van der Waals surface area contributed by atoms with Gasteiger partial charge in [-0.2, -0.15) is 5.26 Å². The van der Waals surface area contributed by atoms with E-state index >= 15 is 0 Å². The smallest absolute Gasteiger partial charge is 0.137 e. The van der Waals surface area contributed by atoms with Crippen molar-refractivity contribution in [2.75, 3.05) is 6.61 Å². The van der Waals surface area contributed by atoms with Crippen molar-refractivity contribution in [2.24, 2.45) is 0 Å². The van der Waals surface area contributed by atoms with Gasteiger partial charge in [-0.1, -0.05) is 107 Å². The number of nitriles is 1. The number of ether oxygens (including phenoxy) is 1. The lowest BCUT2D eigenvalue weighted by molar-refractivity contribution is 0.303. The van der Waals surface area contributed by atoms with Crippen molar-refractivity contribution in [1.82, 2.24) is 0 Å². The molecule has 0 saturated heterocycles. The largest absolute Gasteiger partial charge is 0.492 e. The highest BCUT2D eigenvalue weighted by Gasteiger charge is 2.10. The number of hydrogen-bond donors (Lipinski definition) is 0. The second kappa shape index (κ2) is 13.0. The highest BCUT2D eigenvalue weighted by atomic mass is 16.5. The molecule has 0 aromatic heterocycles. The first-order valence-corrected chi connectivity index (χ1v) is 10.6. The third-order valence-corrected chi connectivity index (χ3v) is 4.98. The molecule has 0 saturated carbocycles. The maximum Gasteiger partial charge on any atom is 0.137 e. The standard InChI is InChI=1S/C25H33NO/c1-2-3-4-5-6-7-8-9-10-14-20-27-25-19-15-18-23(24(25)21-26)22-16-12-11-13-17-22/h11-13,15-19H,2-10,14,20H2,1H3. The minimum atomic E-state index is 0.635. The van der Waals surface area contributed by atoms with Crippen molar-refractivity contribution < 1.29 is 4.74 Å². The summed E-state index contributed by atoms with van der Waals surface area (Å²) in [5.74, 6) is 0.703. The van der Waals surface area contributed by atoms with Gasteiger partial charge in [-0.3, -0.25) is 0 Å². The Labute approximate surface area is 165 Å². The van der Waals surface area contributed by atoms with E-state index in [-0.39, 0.29) is 0 Å². The van der Waals surface area contributed by atoms with E-state index in [1.807, 2.05) is 48.5 Å². The average molecular weight is 364 g/mol. The van der Waals surface area contributed by atoms with Crippen molar-refractivity contribution in [3.63, 3.8) is 0 Å². The van der Waals surface area contributed by atoms with Crippen LogP contribution in [-0.4, -0.2) is 6.61 Å². The summed E-state index contributed by atoms with van der Waals surface area (Å²) < 4.78 is 5.94. The third-order valence-electron chi connectivity index (χ3n) is 4.98. The molecule has 0 aliphatic heterocycles. The summed E-state index contributed by atoms with van der Waals surface area (Å²) in [5.41, 5.74) is 2.63. The van der Waals surface area contributed by atoms with Crippen LogP contribution in [0.5, 0.6) is 5.75 Å². The lowest BCUT2D eigenvalue weighted by Gasteiger charge is -2.11. The highest BCUT2D eigenvalue weighted by molar-refractivity contribution is 5.73. The molecule has 0 aliphatic carbocycles. The Morgan fingerprint density at radius 3 is 2.00 bits per heavy atom. The van der Waals surface area contributed by atoms with Gasteiger partial charge < -0.3 is 4.74 Å². The molecule has 0 spiro atoms.